The molecule has 0 unspecified atom stereocenters. The maximum Gasteiger partial charge on any atom is 0.419 e. The molecule has 5 nitrogen and oxygen atoms in total. The third-order valence-corrected chi connectivity index (χ3v) is 4.75. The smallest absolute Gasteiger partial charge is 0.338 e. The molecule has 1 heterocycles. The molecule has 0 bridgehead atoms. The van der Waals surface area contributed by atoms with Gasteiger partial charge in [0.1, 0.15) is 5.82 Å². The van der Waals surface area contributed by atoms with E-state index in [1.54, 1.807) is 35.2 Å². The predicted molar refractivity (Wildman–Crippen MR) is 109 cm³/mol. The first-order chi connectivity index (χ1) is 14.7. The van der Waals surface area contributed by atoms with Gasteiger partial charge in [-0.3, -0.25) is 9.59 Å². The van der Waals surface area contributed by atoms with Crippen molar-refractivity contribution in [3.8, 4) is 0 Å². The molecule has 164 valence electrons. The number of amides is 2. The van der Waals surface area contributed by atoms with Gasteiger partial charge in [-0.1, -0.05) is 12.1 Å². The van der Waals surface area contributed by atoms with Crippen molar-refractivity contribution in [1.29, 1.82) is 0 Å². The number of nitrogens with one attached hydrogen (secondary N) is 2. The van der Waals surface area contributed by atoms with Crippen molar-refractivity contribution in [3.63, 3.8) is 0 Å². The summed E-state index contributed by atoms with van der Waals surface area (Å²) in [7, 11) is 0. The van der Waals surface area contributed by atoms with Crippen molar-refractivity contribution in [2.45, 2.75) is 12.6 Å². The first kappa shape index (κ1) is 22.5. The Kier molecular flexibility index (Phi) is 7.06. The molecular formula is C22H21F4N3O2. The van der Waals surface area contributed by atoms with Gasteiger partial charge < -0.3 is 15.5 Å². The third kappa shape index (κ3) is 6.14. The Labute approximate surface area is 176 Å². The highest BCUT2D eigenvalue weighted by atomic mass is 19.4. The molecule has 0 spiro atoms. The second-order valence-electron chi connectivity index (χ2n) is 7.03. The van der Waals surface area contributed by atoms with Crippen LogP contribution in [0.1, 0.15) is 27.9 Å². The second-order valence-corrected chi connectivity index (χ2v) is 7.03. The van der Waals surface area contributed by atoms with E-state index in [2.05, 4.69) is 10.6 Å². The molecule has 31 heavy (non-hydrogen) atoms. The van der Waals surface area contributed by atoms with Gasteiger partial charge in [-0.05, 0) is 54.9 Å². The fourth-order valence-corrected chi connectivity index (χ4v) is 3.15. The van der Waals surface area contributed by atoms with Crippen LogP contribution in [-0.2, 0) is 11.0 Å². The fraction of sp³-hybridized carbons (Fsp3) is 0.273. The average molecular weight is 435 g/mol. The molecule has 0 aromatic heterocycles. The number of nitrogens with zero attached hydrogens (tertiary/aromatic N) is 1. The van der Waals surface area contributed by atoms with Crippen LogP contribution in [0.3, 0.4) is 0 Å². The molecule has 1 aliphatic rings. The first-order valence-corrected chi connectivity index (χ1v) is 9.70. The van der Waals surface area contributed by atoms with Gasteiger partial charge >= 0.3 is 6.18 Å². The summed E-state index contributed by atoms with van der Waals surface area (Å²) in [5, 5.41) is 5.71. The summed E-state index contributed by atoms with van der Waals surface area (Å²) in [6, 6.07) is 8.58. The summed E-state index contributed by atoms with van der Waals surface area (Å²) < 4.78 is 52.0. The van der Waals surface area contributed by atoms with E-state index in [1.807, 2.05) is 0 Å². The van der Waals surface area contributed by atoms with Crippen LogP contribution in [0, 0.1) is 5.82 Å². The Hall–Kier alpha value is -3.20. The van der Waals surface area contributed by atoms with E-state index < -0.39 is 23.5 Å². The van der Waals surface area contributed by atoms with E-state index in [0.29, 0.717) is 36.5 Å². The Morgan fingerprint density at radius 2 is 1.87 bits per heavy atom. The summed E-state index contributed by atoms with van der Waals surface area (Å²) in [4.78, 5) is 26.4. The zero-order valence-corrected chi connectivity index (χ0v) is 16.5. The molecule has 2 aromatic rings. The maximum absolute atomic E-state index is 13.4. The SMILES string of the molecule is O=C(Nc1cccc(/C=C/C(=O)N2CCCNCC2)c1)c1ccc(F)c(C(F)(F)F)c1. The van der Waals surface area contributed by atoms with E-state index in [9.17, 15) is 27.2 Å². The van der Waals surface area contributed by atoms with E-state index in [4.69, 9.17) is 0 Å². The van der Waals surface area contributed by atoms with Crippen LogP contribution >= 0.6 is 0 Å². The highest BCUT2D eigenvalue weighted by Gasteiger charge is 2.34. The van der Waals surface area contributed by atoms with Gasteiger partial charge in [-0.2, -0.15) is 13.2 Å². The molecule has 3 rings (SSSR count). The van der Waals surface area contributed by atoms with Gasteiger partial charge in [-0.15, -0.1) is 0 Å². The molecule has 0 aliphatic carbocycles. The van der Waals surface area contributed by atoms with Crippen LogP contribution in [-0.4, -0.2) is 42.9 Å². The predicted octanol–water partition coefficient (Wildman–Crippen LogP) is 3.93. The van der Waals surface area contributed by atoms with Crippen LogP contribution in [0.15, 0.2) is 48.5 Å². The minimum Gasteiger partial charge on any atom is -0.338 e. The lowest BCUT2D eigenvalue weighted by Gasteiger charge is -2.17. The topological polar surface area (TPSA) is 61.4 Å². The second kappa shape index (κ2) is 9.74. The summed E-state index contributed by atoms with van der Waals surface area (Å²) in [5.41, 5.74) is -0.857. The van der Waals surface area contributed by atoms with E-state index in [1.165, 1.54) is 6.08 Å². The lowest BCUT2D eigenvalue weighted by Crippen LogP contribution is -2.32. The zero-order valence-electron chi connectivity index (χ0n) is 16.5. The summed E-state index contributed by atoms with van der Waals surface area (Å²) in [6.45, 7) is 2.90. The summed E-state index contributed by atoms with van der Waals surface area (Å²) in [5.74, 6) is -2.37. The largest absolute Gasteiger partial charge is 0.419 e. The number of carbonyl (C=O) groups excluding carboxylic acids is 2. The number of carbonyl (C=O) groups is 2. The van der Waals surface area contributed by atoms with E-state index in [-0.39, 0.29) is 11.5 Å². The zero-order chi connectivity index (χ0) is 22.4. The van der Waals surface area contributed by atoms with Crippen LogP contribution in [0.2, 0.25) is 0 Å². The van der Waals surface area contributed by atoms with Crippen molar-refractivity contribution in [2.24, 2.45) is 0 Å². The number of halogens is 4. The standard InChI is InChI=1S/C22H21F4N3O2/c23-19-7-6-16(14-18(19)22(24,25)26)21(31)28-17-4-1-3-15(13-17)5-8-20(30)29-11-2-9-27-10-12-29/h1,3-8,13-14,27H,2,9-12H2,(H,28,31)/b8-5+. The van der Waals surface area contributed by atoms with Crippen molar-refractivity contribution >= 4 is 23.6 Å². The summed E-state index contributed by atoms with van der Waals surface area (Å²) >= 11 is 0. The van der Waals surface area contributed by atoms with Crippen molar-refractivity contribution in [1.82, 2.24) is 10.2 Å². The van der Waals surface area contributed by atoms with Crippen molar-refractivity contribution < 1.29 is 27.2 Å². The minimum absolute atomic E-state index is 0.121. The first-order valence-electron chi connectivity index (χ1n) is 9.70. The lowest BCUT2D eigenvalue weighted by molar-refractivity contribution is -0.140. The van der Waals surface area contributed by atoms with Gasteiger partial charge in [0.05, 0.1) is 5.56 Å². The molecule has 0 radical (unpaired) electrons. The maximum atomic E-state index is 13.4. The highest BCUT2D eigenvalue weighted by molar-refractivity contribution is 6.04. The summed E-state index contributed by atoms with van der Waals surface area (Å²) in [6.07, 6.45) is -0.973. The number of hydrogen-bond acceptors (Lipinski definition) is 3. The average Bonchev–Trinajstić information content (AvgIpc) is 3.01. The monoisotopic (exact) mass is 435 g/mol. The number of alkyl halides is 3. The molecule has 1 fully saturated rings. The molecule has 2 N–H and O–H groups in total. The van der Waals surface area contributed by atoms with Crippen LogP contribution in [0.25, 0.3) is 6.08 Å². The van der Waals surface area contributed by atoms with Crippen LogP contribution < -0.4 is 10.6 Å². The van der Waals surface area contributed by atoms with Gasteiger partial charge in [0, 0.05) is 37.0 Å². The van der Waals surface area contributed by atoms with Crippen molar-refractivity contribution in [2.75, 3.05) is 31.5 Å². The highest BCUT2D eigenvalue weighted by Crippen LogP contribution is 2.32. The number of anilines is 1. The molecular weight excluding hydrogens is 414 g/mol. The number of benzene rings is 2. The molecule has 2 amide bonds. The van der Waals surface area contributed by atoms with Crippen LogP contribution in [0.4, 0.5) is 23.2 Å². The lowest BCUT2D eigenvalue weighted by atomic mass is 10.1. The van der Waals surface area contributed by atoms with Gasteiger partial charge in [-0.25, -0.2) is 4.39 Å². The Balaban J connectivity index is 1.69. The van der Waals surface area contributed by atoms with Crippen molar-refractivity contribution in [3.05, 3.63) is 71.0 Å². The molecule has 9 heteroatoms. The minimum atomic E-state index is -4.90. The number of hydrogen-bond donors (Lipinski definition) is 2. The van der Waals surface area contributed by atoms with Gasteiger partial charge in [0.2, 0.25) is 5.91 Å². The molecule has 1 aliphatic heterocycles. The molecule has 0 atom stereocenters. The molecule has 0 saturated carbocycles. The number of rotatable bonds is 4. The van der Waals surface area contributed by atoms with E-state index >= 15 is 0 Å². The Bertz CT molecular complexity index is 981. The van der Waals surface area contributed by atoms with Gasteiger partial charge in [0.15, 0.2) is 0 Å². The van der Waals surface area contributed by atoms with Gasteiger partial charge in [0.25, 0.3) is 5.91 Å². The van der Waals surface area contributed by atoms with E-state index in [0.717, 1.165) is 25.6 Å². The third-order valence-electron chi connectivity index (χ3n) is 4.75. The fourth-order valence-electron chi connectivity index (χ4n) is 3.15. The molecule has 1 saturated heterocycles. The van der Waals surface area contributed by atoms with Crippen LogP contribution in [0.5, 0.6) is 0 Å². The molecule has 2 aromatic carbocycles. The normalized spacial score (nSPS) is 15.0. The Morgan fingerprint density at radius 3 is 2.65 bits per heavy atom. The Morgan fingerprint density at radius 1 is 1.06 bits per heavy atom. The quantitative estimate of drug-likeness (QED) is 0.565.